The summed E-state index contributed by atoms with van der Waals surface area (Å²) in [5.41, 5.74) is -0.454. The number of carbonyl (C=O) groups is 1. The Labute approximate surface area is 122 Å². The summed E-state index contributed by atoms with van der Waals surface area (Å²) in [7, 11) is 0. The lowest BCUT2D eigenvalue weighted by atomic mass is 9.92. The van der Waals surface area contributed by atoms with Gasteiger partial charge in [0.05, 0.1) is 17.8 Å². The molecular formula is C14H18N4O3. The second-order valence-electron chi connectivity index (χ2n) is 5.48. The first-order valence-electron chi connectivity index (χ1n) is 6.63. The Bertz CT molecular complexity index is 635. The van der Waals surface area contributed by atoms with Crippen LogP contribution >= 0.6 is 0 Å². The summed E-state index contributed by atoms with van der Waals surface area (Å²) in [5.74, 6) is -1.20. The summed E-state index contributed by atoms with van der Waals surface area (Å²) in [6.45, 7) is 5.59. The highest BCUT2D eigenvalue weighted by molar-refractivity contribution is 5.92. The molecule has 0 fully saturated rings. The zero-order valence-corrected chi connectivity index (χ0v) is 12.2. The second-order valence-corrected chi connectivity index (χ2v) is 5.48. The number of aromatic nitrogens is 4. The van der Waals surface area contributed by atoms with Gasteiger partial charge in [-0.05, 0) is 25.0 Å². The number of carboxylic acid groups (broad SMARTS) is 1. The maximum Gasteiger partial charge on any atom is 0.358 e. The zero-order valence-electron chi connectivity index (χ0n) is 12.2. The summed E-state index contributed by atoms with van der Waals surface area (Å²) in [5, 5.41) is 27.2. The third-order valence-electron chi connectivity index (χ3n) is 3.56. The number of rotatable bonds is 5. The van der Waals surface area contributed by atoms with Crippen molar-refractivity contribution >= 4 is 5.97 Å². The van der Waals surface area contributed by atoms with Gasteiger partial charge in [-0.1, -0.05) is 25.1 Å². The Balaban J connectivity index is 2.51. The van der Waals surface area contributed by atoms with Gasteiger partial charge in [0.25, 0.3) is 0 Å². The molecule has 2 rings (SSSR count). The van der Waals surface area contributed by atoms with Crippen LogP contribution in [0.25, 0.3) is 11.4 Å². The van der Waals surface area contributed by atoms with E-state index in [2.05, 4.69) is 15.3 Å². The van der Waals surface area contributed by atoms with Gasteiger partial charge in [0.15, 0.2) is 5.69 Å². The maximum absolute atomic E-state index is 11.3. The summed E-state index contributed by atoms with van der Waals surface area (Å²) < 4.78 is 1.39. The van der Waals surface area contributed by atoms with E-state index in [0.717, 1.165) is 0 Å². The number of aliphatic hydroxyl groups is 1. The van der Waals surface area contributed by atoms with E-state index in [1.165, 1.54) is 4.68 Å². The molecule has 0 bridgehead atoms. The quantitative estimate of drug-likeness (QED) is 0.864. The first-order valence-corrected chi connectivity index (χ1v) is 6.63. The van der Waals surface area contributed by atoms with E-state index in [9.17, 15) is 15.0 Å². The van der Waals surface area contributed by atoms with Crippen molar-refractivity contribution in [1.29, 1.82) is 0 Å². The molecule has 0 aromatic carbocycles. The van der Waals surface area contributed by atoms with Crippen LogP contribution in [-0.4, -0.2) is 41.8 Å². The molecular weight excluding hydrogens is 272 g/mol. The summed E-state index contributed by atoms with van der Waals surface area (Å²) in [6.07, 6.45) is 1.57. The fourth-order valence-electron chi connectivity index (χ4n) is 1.81. The van der Waals surface area contributed by atoms with Crippen molar-refractivity contribution in [1.82, 2.24) is 20.0 Å². The standard InChI is InChI=1S/C14H18N4O3/c1-9(2)14(3,21)8-18-12(10-6-4-5-7-15-10)11(13(19)20)16-17-18/h4-7,9,21H,8H2,1-3H3,(H,19,20). The van der Waals surface area contributed by atoms with Crippen molar-refractivity contribution in [2.45, 2.75) is 32.9 Å². The van der Waals surface area contributed by atoms with Gasteiger partial charge in [0, 0.05) is 6.20 Å². The second kappa shape index (κ2) is 5.61. The van der Waals surface area contributed by atoms with Crippen LogP contribution in [0.5, 0.6) is 0 Å². The van der Waals surface area contributed by atoms with Crippen LogP contribution in [0.1, 0.15) is 31.3 Å². The van der Waals surface area contributed by atoms with Crippen LogP contribution in [0.2, 0.25) is 0 Å². The molecule has 0 aliphatic carbocycles. The van der Waals surface area contributed by atoms with Crippen LogP contribution in [0.3, 0.4) is 0 Å². The lowest BCUT2D eigenvalue weighted by molar-refractivity contribution is -0.00571. The summed E-state index contributed by atoms with van der Waals surface area (Å²) in [4.78, 5) is 15.5. The minimum atomic E-state index is -1.17. The summed E-state index contributed by atoms with van der Waals surface area (Å²) >= 11 is 0. The van der Waals surface area contributed by atoms with Crippen LogP contribution in [-0.2, 0) is 6.54 Å². The van der Waals surface area contributed by atoms with Crippen molar-refractivity contribution in [2.24, 2.45) is 5.92 Å². The van der Waals surface area contributed by atoms with Crippen LogP contribution < -0.4 is 0 Å². The minimum Gasteiger partial charge on any atom is -0.476 e. The molecule has 7 nitrogen and oxygen atoms in total. The monoisotopic (exact) mass is 290 g/mol. The van der Waals surface area contributed by atoms with Crippen molar-refractivity contribution in [2.75, 3.05) is 0 Å². The Morgan fingerprint density at radius 3 is 2.67 bits per heavy atom. The third kappa shape index (κ3) is 3.08. The molecule has 2 N–H and O–H groups in total. The predicted octanol–water partition coefficient (Wildman–Crippen LogP) is 1.45. The van der Waals surface area contributed by atoms with Gasteiger partial charge >= 0.3 is 5.97 Å². The third-order valence-corrected chi connectivity index (χ3v) is 3.56. The van der Waals surface area contributed by atoms with E-state index in [0.29, 0.717) is 11.4 Å². The van der Waals surface area contributed by atoms with Gasteiger partial charge in [-0.15, -0.1) is 5.10 Å². The van der Waals surface area contributed by atoms with Gasteiger partial charge < -0.3 is 10.2 Å². The molecule has 2 aromatic heterocycles. The molecule has 0 amide bonds. The summed E-state index contributed by atoms with van der Waals surface area (Å²) in [6, 6.07) is 5.18. The number of hydrogen-bond acceptors (Lipinski definition) is 5. The van der Waals surface area contributed by atoms with E-state index in [-0.39, 0.29) is 18.2 Å². The fourth-order valence-corrected chi connectivity index (χ4v) is 1.81. The van der Waals surface area contributed by atoms with E-state index < -0.39 is 11.6 Å². The minimum absolute atomic E-state index is 0.0217. The highest BCUT2D eigenvalue weighted by atomic mass is 16.4. The number of aromatic carboxylic acids is 1. The number of nitrogens with zero attached hydrogens (tertiary/aromatic N) is 4. The number of carboxylic acids is 1. The Morgan fingerprint density at radius 1 is 1.43 bits per heavy atom. The molecule has 1 atom stereocenters. The van der Waals surface area contributed by atoms with Crippen LogP contribution in [0, 0.1) is 5.92 Å². The van der Waals surface area contributed by atoms with E-state index in [4.69, 9.17) is 0 Å². The van der Waals surface area contributed by atoms with E-state index in [1.54, 1.807) is 31.3 Å². The lowest BCUT2D eigenvalue weighted by Gasteiger charge is -2.27. The highest BCUT2D eigenvalue weighted by Gasteiger charge is 2.30. The molecule has 112 valence electrons. The molecule has 7 heteroatoms. The fraction of sp³-hybridized carbons (Fsp3) is 0.429. The molecule has 0 radical (unpaired) electrons. The van der Waals surface area contributed by atoms with Gasteiger partial charge in [0.1, 0.15) is 5.69 Å². The van der Waals surface area contributed by atoms with Gasteiger partial charge in [-0.2, -0.15) is 0 Å². The topological polar surface area (TPSA) is 101 Å². The number of hydrogen-bond donors (Lipinski definition) is 2. The average molecular weight is 290 g/mol. The van der Waals surface area contributed by atoms with Gasteiger partial charge in [-0.25, -0.2) is 9.48 Å². The van der Waals surface area contributed by atoms with Crippen LogP contribution in [0.15, 0.2) is 24.4 Å². The molecule has 0 spiro atoms. The Morgan fingerprint density at radius 2 is 2.14 bits per heavy atom. The SMILES string of the molecule is CC(C)C(C)(O)Cn1nnc(C(=O)O)c1-c1ccccn1. The van der Waals surface area contributed by atoms with Crippen LogP contribution in [0.4, 0.5) is 0 Å². The van der Waals surface area contributed by atoms with E-state index in [1.807, 2.05) is 13.8 Å². The average Bonchev–Trinajstić information content (AvgIpc) is 2.82. The van der Waals surface area contributed by atoms with Gasteiger partial charge in [-0.3, -0.25) is 4.98 Å². The van der Waals surface area contributed by atoms with Gasteiger partial charge in [0.2, 0.25) is 0 Å². The molecule has 0 saturated heterocycles. The maximum atomic E-state index is 11.3. The first-order chi connectivity index (χ1) is 9.83. The number of pyridine rings is 1. The zero-order chi connectivity index (χ0) is 15.6. The normalized spacial score (nSPS) is 14.1. The lowest BCUT2D eigenvalue weighted by Crippen LogP contribution is -2.36. The molecule has 21 heavy (non-hydrogen) atoms. The molecule has 1 unspecified atom stereocenters. The Hall–Kier alpha value is -2.28. The largest absolute Gasteiger partial charge is 0.476 e. The Kier molecular flexibility index (Phi) is 4.04. The molecule has 0 saturated carbocycles. The molecule has 0 aliphatic heterocycles. The molecule has 0 aliphatic rings. The molecule has 2 heterocycles. The van der Waals surface area contributed by atoms with Crippen molar-refractivity contribution in [3.63, 3.8) is 0 Å². The smallest absolute Gasteiger partial charge is 0.358 e. The van der Waals surface area contributed by atoms with Crippen molar-refractivity contribution in [3.05, 3.63) is 30.1 Å². The van der Waals surface area contributed by atoms with Crippen molar-refractivity contribution < 1.29 is 15.0 Å². The molecule has 2 aromatic rings. The first kappa shape index (κ1) is 15.1. The van der Waals surface area contributed by atoms with E-state index >= 15 is 0 Å². The predicted molar refractivity (Wildman–Crippen MR) is 75.7 cm³/mol. The highest BCUT2D eigenvalue weighted by Crippen LogP contribution is 2.24. The van der Waals surface area contributed by atoms with Crippen molar-refractivity contribution in [3.8, 4) is 11.4 Å².